The molecule has 0 fully saturated rings. The van der Waals surface area contributed by atoms with Crippen molar-refractivity contribution in [2.24, 2.45) is 7.05 Å². The summed E-state index contributed by atoms with van der Waals surface area (Å²) in [4.78, 5) is 16.2. The number of fused-ring (bicyclic) bond motifs is 1. The highest BCUT2D eigenvalue weighted by Gasteiger charge is 2.08. The van der Waals surface area contributed by atoms with E-state index >= 15 is 0 Å². The summed E-state index contributed by atoms with van der Waals surface area (Å²) in [6.45, 7) is 6.72. The van der Waals surface area contributed by atoms with Gasteiger partial charge in [-0.15, -0.1) is 0 Å². The lowest BCUT2D eigenvalue weighted by Crippen LogP contribution is -2.27. The Morgan fingerprint density at radius 1 is 1.45 bits per heavy atom. The van der Waals surface area contributed by atoms with E-state index in [1.165, 1.54) is 0 Å². The van der Waals surface area contributed by atoms with E-state index in [4.69, 9.17) is 0 Å². The predicted octanol–water partition coefficient (Wildman–Crippen LogP) is 1.60. The van der Waals surface area contributed by atoms with Gasteiger partial charge in [-0.2, -0.15) is 5.10 Å². The summed E-state index contributed by atoms with van der Waals surface area (Å²) in [5, 5.41) is 11.4. The lowest BCUT2D eigenvalue weighted by Gasteiger charge is -2.08. The summed E-state index contributed by atoms with van der Waals surface area (Å²) < 4.78 is 1.74. The maximum atomic E-state index is 11.8. The molecule has 2 aromatic rings. The van der Waals surface area contributed by atoms with Crippen LogP contribution in [0.5, 0.6) is 0 Å². The summed E-state index contributed by atoms with van der Waals surface area (Å²) in [7, 11) is 1.86. The molecule has 108 valence electrons. The lowest BCUT2D eigenvalue weighted by atomic mass is 10.2. The minimum absolute atomic E-state index is 0.0131. The van der Waals surface area contributed by atoms with Gasteiger partial charge in [0.1, 0.15) is 0 Å². The van der Waals surface area contributed by atoms with Crippen molar-refractivity contribution in [2.45, 2.75) is 33.2 Å². The summed E-state index contributed by atoms with van der Waals surface area (Å²) >= 11 is 0. The van der Waals surface area contributed by atoms with Crippen molar-refractivity contribution in [3.8, 4) is 0 Å². The number of carbonyl (C=O) groups excluding carboxylic acids is 1. The second-order valence-corrected chi connectivity index (χ2v) is 5.21. The van der Waals surface area contributed by atoms with E-state index in [-0.39, 0.29) is 5.91 Å². The van der Waals surface area contributed by atoms with Gasteiger partial charge in [-0.25, -0.2) is 4.98 Å². The number of hydrogen-bond acceptors (Lipinski definition) is 4. The number of amides is 1. The predicted molar refractivity (Wildman–Crippen MR) is 79.6 cm³/mol. The van der Waals surface area contributed by atoms with E-state index in [0.717, 1.165) is 16.7 Å². The van der Waals surface area contributed by atoms with Crippen LogP contribution in [0.25, 0.3) is 11.0 Å². The average Bonchev–Trinajstić information content (AvgIpc) is 2.64. The van der Waals surface area contributed by atoms with Gasteiger partial charge < -0.3 is 10.6 Å². The van der Waals surface area contributed by atoms with Gasteiger partial charge in [0.05, 0.1) is 17.6 Å². The molecule has 0 atom stereocenters. The van der Waals surface area contributed by atoms with Crippen molar-refractivity contribution in [1.29, 1.82) is 0 Å². The van der Waals surface area contributed by atoms with Crippen molar-refractivity contribution in [2.75, 3.05) is 11.9 Å². The molecule has 1 amide bonds. The molecule has 0 saturated heterocycles. The van der Waals surface area contributed by atoms with Crippen LogP contribution in [0.3, 0.4) is 0 Å². The van der Waals surface area contributed by atoms with E-state index in [1.807, 2.05) is 20.0 Å². The topological polar surface area (TPSA) is 71.8 Å². The van der Waals surface area contributed by atoms with Crippen molar-refractivity contribution >= 4 is 22.6 Å². The third kappa shape index (κ3) is 3.33. The van der Waals surface area contributed by atoms with Crippen molar-refractivity contribution in [3.63, 3.8) is 0 Å². The maximum absolute atomic E-state index is 11.8. The Balaban J connectivity index is 2.03. The first-order valence-corrected chi connectivity index (χ1v) is 6.80. The smallest absolute Gasteiger partial charge is 0.225 e. The van der Waals surface area contributed by atoms with Crippen LogP contribution in [-0.4, -0.2) is 33.3 Å². The van der Waals surface area contributed by atoms with Crippen LogP contribution in [0.15, 0.2) is 12.3 Å². The second kappa shape index (κ2) is 6.00. The van der Waals surface area contributed by atoms with E-state index < -0.39 is 0 Å². The van der Waals surface area contributed by atoms with E-state index in [0.29, 0.717) is 24.7 Å². The Labute approximate surface area is 118 Å². The Bertz CT molecular complexity index is 617. The summed E-state index contributed by atoms with van der Waals surface area (Å²) in [6, 6.07) is 2.30. The molecule has 0 aliphatic carbocycles. The highest BCUT2D eigenvalue weighted by atomic mass is 16.1. The fraction of sp³-hybridized carbons (Fsp3) is 0.500. The normalized spacial score (nSPS) is 11.2. The zero-order chi connectivity index (χ0) is 14.7. The largest absolute Gasteiger partial charge is 0.325 e. The quantitative estimate of drug-likeness (QED) is 0.869. The van der Waals surface area contributed by atoms with Crippen LogP contribution in [0.4, 0.5) is 5.69 Å². The number of aromatic nitrogens is 3. The van der Waals surface area contributed by atoms with Gasteiger partial charge in [-0.1, -0.05) is 13.8 Å². The first-order chi connectivity index (χ1) is 9.47. The van der Waals surface area contributed by atoms with Crippen LogP contribution in [0, 0.1) is 6.92 Å². The van der Waals surface area contributed by atoms with Crippen LogP contribution < -0.4 is 10.6 Å². The van der Waals surface area contributed by atoms with E-state index in [1.54, 1.807) is 10.9 Å². The molecule has 0 aliphatic heterocycles. The highest BCUT2D eigenvalue weighted by molar-refractivity contribution is 5.93. The van der Waals surface area contributed by atoms with E-state index in [2.05, 4.69) is 34.6 Å². The molecule has 0 aliphatic rings. The molecule has 0 radical (unpaired) electrons. The third-order valence-corrected chi connectivity index (χ3v) is 3.05. The SMILES string of the molecule is Cc1nn(C)c2ncc(NC(=O)CCNC(C)C)cc12. The molecule has 2 heterocycles. The van der Waals surface area contributed by atoms with Crippen LogP contribution in [0.2, 0.25) is 0 Å². The molecular formula is C14H21N5O. The molecule has 2 N–H and O–H groups in total. The number of nitrogens with one attached hydrogen (secondary N) is 2. The number of hydrogen-bond donors (Lipinski definition) is 2. The highest BCUT2D eigenvalue weighted by Crippen LogP contribution is 2.19. The van der Waals surface area contributed by atoms with Gasteiger partial charge in [0.2, 0.25) is 5.91 Å². The molecule has 6 heteroatoms. The maximum Gasteiger partial charge on any atom is 0.225 e. The fourth-order valence-corrected chi connectivity index (χ4v) is 2.07. The molecule has 6 nitrogen and oxygen atoms in total. The number of pyridine rings is 1. The average molecular weight is 275 g/mol. The minimum Gasteiger partial charge on any atom is -0.325 e. The summed E-state index contributed by atoms with van der Waals surface area (Å²) in [6.07, 6.45) is 2.11. The molecule has 0 aromatic carbocycles. The van der Waals surface area contributed by atoms with Crippen molar-refractivity contribution < 1.29 is 4.79 Å². The van der Waals surface area contributed by atoms with E-state index in [9.17, 15) is 4.79 Å². The van der Waals surface area contributed by atoms with Gasteiger partial charge in [0, 0.05) is 31.4 Å². The minimum atomic E-state index is -0.0131. The van der Waals surface area contributed by atoms with Crippen LogP contribution >= 0.6 is 0 Å². The van der Waals surface area contributed by atoms with Crippen LogP contribution in [0.1, 0.15) is 26.0 Å². The van der Waals surface area contributed by atoms with Gasteiger partial charge in [-0.05, 0) is 13.0 Å². The number of rotatable bonds is 5. The zero-order valence-electron chi connectivity index (χ0n) is 12.4. The number of nitrogens with zero attached hydrogens (tertiary/aromatic N) is 3. The molecule has 2 aromatic heterocycles. The standard InChI is InChI=1S/C14H21N5O/c1-9(2)15-6-5-13(20)17-11-7-12-10(3)18-19(4)14(12)16-8-11/h7-9,15H,5-6H2,1-4H3,(H,17,20). The number of anilines is 1. The lowest BCUT2D eigenvalue weighted by molar-refractivity contribution is -0.116. The number of aryl methyl sites for hydroxylation is 2. The molecule has 0 unspecified atom stereocenters. The second-order valence-electron chi connectivity index (χ2n) is 5.21. The molecule has 2 rings (SSSR count). The molecule has 20 heavy (non-hydrogen) atoms. The Kier molecular flexibility index (Phi) is 4.34. The van der Waals surface area contributed by atoms with Crippen LogP contribution in [-0.2, 0) is 11.8 Å². The van der Waals surface area contributed by atoms with Gasteiger partial charge in [-0.3, -0.25) is 9.48 Å². The molecule has 0 spiro atoms. The fourth-order valence-electron chi connectivity index (χ4n) is 2.07. The molecular weight excluding hydrogens is 254 g/mol. The molecule has 0 bridgehead atoms. The summed E-state index contributed by atoms with van der Waals surface area (Å²) in [5.41, 5.74) is 2.44. The molecule has 0 saturated carbocycles. The third-order valence-electron chi connectivity index (χ3n) is 3.05. The first-order valence-electron chi connectivity index (χ1n) is 6.80. The Morgan fingerprint density at radius 3 is 2.90 bits per heavy atom. The van der Waals surface area contributed by atoms with Crippen molar-refractivity contribution in [1.82, 2.24) is 20.1 Å². The Morgan fingerprint density at radius 2 is 2.20 bits per heavy atom. The Hall–Kier alpha value is -1.95. The first kappa shape index (κ1) is 14.5. The number of carbonyl (C=O) groups is 1. The monoisotopic (exact) mass is 275 g/mol. The zero-order valence-corrected chi connectivity index (χ0v) is 12.4. The summed E-state index contributed by atoms with van der Waals surface area (Å²) in [5.74, 6) is -0.0131. The van der Waals surface area contributed by atoms with Gasteiger partial charge in [0.25, 0.3) is 0 Å². The van der Waals surface area contributed by atoms with Crippen molar-refractivity contribution in [3.05, 3.63) is 18.0 Å². The van der Waals surface area contributed by atoms with Gasteiger partial charge >= 0.3 is 0 Å². The van der Waals surface area contributed by atoms with Gasteiger partial charge in [0.15, 0.2) is 5.65 Å².